The predicted molar refractivity (Wildman–Crippen MR) is 85.0 cm³/mol. The molecule has 21 heavy (non-hydrogen) atoms. The van der Waals surface area contributed by atoms with Gasteiger partial charge in [-0.05, 0) is 46.6 Å². The van der Waals surface area contributed by atoms with Gasteiger partial charge in [-0.1, -0.05) is 19.8 Å². The molecule has 0 aromatic heterocycles. The van der Waals surface area contributed by atoms with Gasteiger partial charge in [0.25, 0.3) is 0 Å². The highest BCUT2D eigenvalue weighted by atomic mass is 16.2. The van der Waals surface area contributed by atoms with Crippen molar-refractivity contribution in [1.82, 2.24) is 15.5 Å². The van der Waals surface area contributed by atoms with E-state index in [9.17, 15) is 9.59 Å². The lowest BCUT2D eigenvalue weighted by molar-refractivity contribution is -0.125. The fourth-order valence-corrected chi connectivity index (χ4v) is 2.79. The van der Waals surface area contributed by atoms with Crippen LogP contribution in [0.3, 0.4) is 0 Å². The van der Waals surface area contributed by atoms with E-state index in [0.29, 0.717) is 12.0 Å². The van der Waals surface area contributed by atoms with Gasteiger partial charge in [0.1, 0.15) is 0 Å². The summed E-state index contributed by atoms with van der Waals surface area (Å²) in [5.74, 6) is 0.515. The van der Waals surface area contributed by atoms with E-state index >= 15 is 0 Å². The molecule has 0 bridgehead atoms. The van der Waals surface area contributed by atoms with Crippen molar-refractivity contribution in [2.45, 2.75) is 65.0 Å². The first-order valence-corrected chi connectivity index (χ1v) is 7.96. The first-order chi connectivity index (χ1) is 9.67. The van der Waals surface area contributed by atoms with Crippen LogP contribution in [0.25, 0.3) is 0 Å². The Balaban J connectivity index is 2.31. The first-order valence-electron chi connectivity index (χ1n) is 7.96. The lowest BCUT2D eigenvalue weighted by Crippen LogP contribution is -2.48. The number of rotatable bonds is 5. The molecular weight excluding hydrogens is 266 g/mol. The number of nitrogens with one attached hydrogen (secondary N) is 2. The summed E-state index contributed by atoms with van der Waals surface area (Å²) >= 11 is 0. The fourth-order valence-electron chi connectivity index (χ4n) is 2.79. The van der Waals surface area contributed by atoms with Crippen LogP contribution >= 0.6 is 0 Å². The number of carbonyl (C=O) groups excluding carboxylic acids is 2. The highest BCUT2D eigenvalue weighted by Crippen LogP contribution is 2.23. The predicted octanol–water partition coefficient (Wildman–Crippen LogP) is 1.53. The third-order valence-electron chi connectivity index (χ3n) is 3.80. The second-order valence-corrected chi connectivity index (χ2v) is 7.41. The van der Waals surface area contributed by atoms with E-state index in [4.69, 9.17) is 0 Å². The maximum atomic E-state index is 12.0. The lowest BCUT2D eigenvalue weighted by atomic mass is 9.86. The van der Waals surface area contributed by atoms with Crippen LogP contribution in [0, 0.1) is 5.92 Å². The Hall–Kier alpha value is -1.10. The van der Waals surface area contributed by atoms with Crippen molar-refractivity contribution < 1.29 is 9.59 Å². The number of likely N-dealkylation sites (N-methyl/N-ethyl adjacent to an activating group) is 1. The molecule has 2 N–H and O–H groups in total. The van der Waals surface area contributed by atoms with Gasteiger partial charge in [-0.15, -0.1) is 0 Å². The van der Waals surface area contributed by atoms with Crippen LogP contribution in [0.2, 0.25) is 0 Å². The highest BCUT2D eigenvalue weighted by molar-refractivity contribution is 5.81. The van der Waals surface area contributed by atoms with Crippen LogP contribution in [0.5, 0.6) is 0 Å². The van der Waals surface area contributed by atoms with E-state index in [1.807, 2.05) is 20.8 Å². The summed E-state index contributed by atoms with van der Waals surface area (Å²) in [6.07, 6.45) is 4.72. The minimum atomic E-state index is -0.238. The van der Waals surface area contributed by atoms with Gasteiger partial charge in [0.15, 0.2) is 0 Å². The maximum absolute atomic E-state index is 12.0. The molecule has 2 atom stereocenters. The van der Waals surface area contributed by atoms with Crippen molar-refractivity contribution in [1.29, 1.82) is 0 Å². The summed E-state index contributed by atoms with van der Waals surface area (Å²) in [4.78, 5) is 25.6. The van der Waals surface area contributed by atoms with Crippen LogP contribution in [-0.4, -0.2) is 48.4 Å². The molecule has 0 spiro atoms. The largest absolute Gasteiger partial charge is 0.352 e. The van der Waals surface area contributed by atoms with E-state index in [1.54, 1.807) is 11.9 Å². The fraction of sp³-hybridized carbons (Fsp3) is 0.875. The van der Waals surface area contributed by atoms with Gasteiger partial charge in [-0.2, -0.15) is 0 Å². The summed E-state index contributed by atoms with van der Waals surface area (Å²) < 4.78 is 0. The second kappa shape index (κ2) is 7.78. The summed E-state index contributed by atoms with van der Waals surface area (Å²) in [6, 6.07) is 0.294. The minimum Gasteiger partial charge on any atom is -0.352 e. The monoisotopic (exact) mass is 297 g/mol. The maximum Gasteiger partial charge on any atom is 0.234 e. The Labute approximate surface area is 128 Å². The van der Waals surface area contributed by atoms with Gasteiger partial charge >= 0.3 is 0 Å². The zero-order chi connectivity index (χ0) is 16.0. The van der Waals surface area contributed by atoms with Crippen LogP contribution < -0.4 is 10.6 Å². The molecule has 1 fully saturated rings. The molecule has 5 heteroatoms. The molecule has 122 valence electrons. The third kappa shape index (κ3) is 7.46. The molecule has 5 nitrogen and oxygen atoms in total. The topological polar surface area (TPSA) is 61.4 Å². The molecule has 0 aromatic rings. The molecule has 0 unspecified atom stereocenters. The second-order valence-electron chi connectivity index (χ2n) is 7.41. The van der Waals surface area contributed by atoms with Crippen molar-refractivity contribution in [3.8, 4) is 0 Å². The zero-order valence-corrected chi connectivity index (χ0v) is 14.2. The molecule has 0 heterocycles. The van der Waals surface area contributed by atoms with Gasteiger partial charge in [0, 0.05) is 11.6 Å². The zero-order valence-electron chi connectivity index (χ0n) is 14.2. The van der Waals surface area contributed by atoms with Crippen LogP contribution in [0.1, 0.15) is 53.4 Å². The molecule has 0 aliphatic heterocycles. The summed E-state index contributed by atoms with van der Waals surface area (Å²) in [6.45, 7) is 8.54. The van der Waals surface area contributed by atoms with Crippen molar-refractivity contribution >= 4 is 11.8 Å². The standard InChI is InChI=1S/C16H31N3O2/c1-12-8-6-7-9-13(12)17-14(20)10-19(5)11-15(21)18-16(2,3)4/h12-13H,6-11H2,1-5H3,(H,17,20)(H,18,21)/t12-,13+/m0/s1. The Morgan fingerprint density at radius 1 is 1.10 bits per heavy atom. The van der Waals surface area contributed by atoms with E-state index in [-0.39, 0.29) is 30.4 Å². The normalized spacial score (nSPS) is 23.0. The Morgan fingerprint density at radius 2 is 1.67 bits per heavy atom. The van der Waals surface area contributed by atoms with E-state index < -0.39 is 0 Å². The molecule has 0 saturated heterocycles. The Kier molecular flexibility index (Phi) is 6.65. The van der Waals surface area contributed by atoms with Gasteiger partial charge in [0.05, 0.1) is 13.1 Å². The molecule has 1 aliphatic rings. The molecule has 1 saturated carbocycles. The van der Waals surface area contributed by atoms with Gasteiger partial charge in [-0.3, -0.25) is 14.5 Å². The molecule has 1 aliphatic carbocycles. The van der Waals surface area contributed by atoms with Crippen LogP contribution in [-0.2, 0) is 9.59 Å². The van der Waals surface area contributed by atoms with Gasteiger partial charge < -0.3 is 10.6 Å². The van der Waals surface area contributed by atoms with E-state index in [1.165, 1.54) is 19.3 Å². The number of nitrogens with zero attached hydrogens (tertiary/aromatic N) is 1. The third-order valence-corrected chi connectivity index (χ3v) is 3.80. The summed E-state index contributed by atoms with van der Waals surface area (Å²) in [7, 11) is 1.80. The summed E-state index contributed by atoms with van der Waals surface area (Å²) in [5.41, 5.74) is -0.238. The SMILES string of the molecule is C[C@H]1CCCC[C@H]1NC(=O)CN(C)CC(=O)NC(C)(C)C. The molecule has 2 amide bonds. The van der Waals surface area contributed by atoms with Crippen LogP contribution in [0.4, 0.5) is 0 Å². The highest BCUT2D eigenvalue weighted by Gasteiger charge is 2.23. The van der Waals surface area contributed by atoms with Crippen molar-refractivity contribution in [3.63, 3.8) is 0 Å². The average Bonchev–Trinajstić information content (AvgIpc) is 2.28. The van der Waals surface area contributed by atoms with E-state index in [2.05, 4.69) is 17.6 Å². The molecular formula is C16H31N3O2. The first kappa shape index (κ1) is 18.0. The van der Waals surface area contributed by atoms with Gasteiger partial charge in [0.2, 0.25) is 11.8 Å². The minimum absolute atomic E-state index is 0.0137. The van der Waals surface area contributed by atoms with E-state index in [0.717, 1.165) is 6.42 Å². The van der Waals surface area contributed by atoms with Crippen molar-refractivity contribution in [2.24, 2.45) is 5.92 Å². The Morgan fingerprint density at radius 3 is 2.24 bits per heavy atom. The number of carbonyl (C=O) groups is 2. The average molecular weight is 297 g/mol. The van der Waals surface area contributed by atoms with Crippen LogP contribution in [0.15, 0.2) is 0 Å². The number of hydrogen-bond donors (Lipinski definition) is 2. The lowest BCUT2D eigenvalue weighted by Gasteiger charge is -2.30. The van der Waals surface area contributed by atoms with Crippen molar-refractivity contribution in [3.05, 3.63) is 0 Å². The summed E-state index contributed by atoms with van der Waals surface area (Å²) in [5, 5.41) is 6.01. The molecule has 1 rings (SSSR count). The number of hydrogen-bond acceptors (Lipinski definition) is 3. The quantitative estimate of drug-likeness (QED) is 0.809. The number of amides is 2. The Bertz CT molecular complexity index is 363. The van der Waals surface area contributed by atoms with Gasteiger partial charge in [-0.25, -0.2) is 0 Å². The smallest absolute Gasteiger partial charge is 0.234 e. The van der Waals surface area contributed by atoms with Crippen molar-refractivity contribution in [2.75, 3.05) is 20.1 Å². The molecule has 0 aromatic carbocycles. The molecule has 0 radical (unpaired) electrons.